The van der Waals surface area contributed by atoms with Crippen LogP contribution < -0.4 is 4.74 Å². The van der Waals surface area contributed by atoms with Crippen LogP contribution in [-0.2, 0) is 4.79 Å². The quantitative estimate of drug-likeness (QED) is 0.484. The summed E-state index contributed by atoms with van der Waals surface area (Å²) in [6.45, 7) is 1.39. The van der Waals surface area contributed by atoms with E-state index < -0.39 is 0 Å². The van der Waals surface area contributed by atoms with Crippen LogP contribution >= 0.6 is 31.9 Å². The topological polar surface area (TPSA) is 26.3 Å². The number of carbonyl (C=O) groups is 1. The third kappa shape index (κ3) is 3.42. The average Bonchev–Trinajstić information content (AvgIpc) is 2.17. The van der Waals surface area contributed by atoms with E-state index in [9.17, 15) is 4.79 Å². The molecule has 0 N–H and O–H groups in total. The van der Waals surface area contributed by atoms with Crippen LogP contribution in [0.3, 0.4) is 0 Å². The number of carbonyl (C=O) groups excluding carboxylic acids is 1. The highest BCUT2D eigenvalue weighted by Crippen LogP contribution is 2.26. The highest BCUT2D eigenvalue weighted by atomic mass is 79.9. The lowest BCUT2D eigenvalue weighted by Gasteiger charge is -2.07. The monoisotopic (exact) mass is 320 g/mol. The van der Waals surface area contributed by atoms with Gasteiger partial charge in [-0.05, 0) is 17.7 Å². The first-order chi connectivity index (χ1) is 6.63. The maximum atomic E-state index is 10.6. The zero-order valence-corrected chi connectivity index (χ0v) is 10.8. The average molecular weight is 322 g/mol. The summed E-state index contributed by atoms with van der Waals surface area (Å²) in [7, 11) is 0. The molecule has 2 nitrogen and oxygen atoms in total. The first kappa shape index (κ1) is 11.7. The SMILES string of the molecule is CC(=O)Oc1ccc(C(Br)CBr)cc1. The van der Waals surface area contributed by atoms with Crippen LogP contribution in [0.5, 0.6) is 5.75 Å². The van der Waals surface area contributed by atoms with Gasteiger partial charge in [0, 0.05) is 17.1 Å². The molecule has 76 valence electrons. The van der Waals surface area contributed by atoms with Crippen LogP contribution in [-0.4, -0.2) is 11.3 Å². The summed E-state index contributed by atoms with van der Waals surface area (Å²) in [4.78, 5) is 10.9. The first-order valence-electron chi connectivity index (χ1n) is 4.12. The molecular formula is C10H10Br2O2. The largest absolute Gasteiger partial charge is 0.427 e. The van der Waals surface area contributed by atoms with E-state index in [1.807, 2.05) is 12.1 Å². The fraction of sp³-hybridized carbons (Fsp3) is 0.300. The van der Waals surface area contributed by atoms with E-state index >= 15 is 0 Å². The summed E-state index contributed by atoms with van der Waals surface area (Å²) in [5.41, 5.74) is 1.15. The summed E-state index contributed by atoms with van der Waals surface area (Å²) in [5, 5.41) is 0.847. The van der Waals surface area contributed by atoms with Crippen LogP contribution in [0, 0.1) is 0 Å². The van der Waals surface area contributed by atoms with Crippen LogP contribution in [0.4, 0.5) is 0 Å². The molecule has 4 heteroatoms. The highest BCUT2D eigenvalue weighted by molar-refractivity contribution is 9.12. The van der Waals surface area contributed by atoms with Gasteiger partial charge in [-0.2, -0.15) is 0 Å². The molecule has 0 aliphatic carbocycles. The van der Waals surface area contributed by atoms with Gasteiger partial charge in [0.25, 0.3) is 0 Å². The Balaban J connectivity index is 2.73. The number of hydrogen-bond acceptors (Lipinski definition) is 2. The van der Waals surface area contributed by atoms with Crippen molar-refractivity contribution in [1.82, 2.24) is 0 Å². The Morgan fingerprint density at radius 3 is 2.43 bits per heavy atom. The standard InChI is InChI=1S/C10H10Br2O2/c1-7(13)14-9-4-2-8(3-5-9)10(12)6-11/h2-5,10H,6H2,1H3. The molecule has 0 radical (unpaired) electrons. The lowest BCUT2D eigenvalue weighted by atomic mass is 10.2. The fourth-order valence-corrected chi connectivity index (χ4v) is 1.68. The lowest BCUT2D eigenvalue weighted by molar-refractivity contribution is -0.131. The van der Waals surface area contributed by atoms with Gasteiger partial charge in [-0.25, -0.2) is 0 Å². The van der Waals surface area contributed by atoms with Crippen molar-refractivity contribution in [2.45, 2.75) is 11.8 Å². The van der Waals surface area contributed by atoms with Crippen LogP contribution in [0.15, 0.2) is 24.3 Å². The lowest BCUT2D eigenvalue weighted by Crippen LogP contribution is -2.01. The number of halogens is 2. The second kappa shape index (κ2) is 5.51. The van der Waals surface area contributed by atoms with Crippen molar-refractivity contribution in [3.05, 3.63) is 29.8 Å². The molecule has 1 aromatic carbocycles. The Labute approximate surface area is 99.9 Å². The zero-order valence-electron chi connectivity index (χ0n) is 7.67. The molecule has 0 heterocycles. The number of rotatable bonds is 3. The number of ether oxygens (including phenoxy) is 1. The van der Waals surface area contributed by atoms with Gasteiger partial charge in [-0.1, -0.05) is 44.0 Å². The molecule has 0 saturated heterocycles. The predicted octanol–water partition coefficient (Wildman–Crippen LogP) is 3.44. The van der Waals surface area contributed by atoms with Crippen LogP contribution in [0.1, 0.15) is 17.3 Å². The smallest absolute Gasteiger partial charge is 0.308 e. The molecule has 0 aromatic heterocycles. The predicted molar refractivity (Wildman–Crippen MR) is 63.2 cm³/mol. The van der Waals surface area contributed by atoms with Crippen molar-refractivity contribution in [1.29, 1.82) is 0 Å². The summed E-state index contributed by atoms with van der Waals surface area (Å²) in [5.74, 6) is 0.282. The van der Waals surface area contributed by atoms with Crippen molar-refractivity contribution in [2.75, 3.05) is 5.33 Å². The summed E-state index contributed by atoms with van der Waals surface area (Å²) in [6, 6.07) is 7.43. The third-order valence-corrected chi connectivity index (χ3v) is 4.01. The number of alkyl halides is 2. The fourth-order valence-electron chi connectivity index (χ4n) is 1.000. The first-order valence-corrected chi connectivity index (χ1v) is 6.15. The van der Waals surface area contributed by atoms with Crippen molar-refractivity contribution in [2.24, 2.45) is 0 Å². The molecule has 1 atom stereocenters. The Bertz CT molecular complexity index is 308. The molecule has 14 heavy (non-hydrogen) atoms. The van der Waals surface area contributed by atoms with E-state index in [1.165, 1.54) is 6.92 Å². The molecule has 0 saturated carbocycles. The minimum Gasteiger partial charge on any atom is -0.427 e. The molecular weight excluding hydrogens is 312 g/mol. The minimum atomic E-state index is -0.298. The Morgan fingerprint density at radius 2 is 2.00 bits per heavy atom. The van der Waals surface area contributed by atoms with Gasteiger partial charge in [0.1, 0.15) is 5.75 Å². The normalized spacial score (nSPS) is 12.2. The Hall–Kier alpha value is -0.350. The van der Waals surface area contributed by atoms with E-state index in [0.29, 0.717) is 5.75 Å². The second-order valence-electron chi connectivity index (χ2n) is 2.78. The molecule has 0 spiro atoms. The van der Waals surface area contributed by atoms with Gasteiger partial charge < -0.3 is 4.74 Å². The maximum Gasteiger partial charge on any atom is 0.308 e. The molecule has 0 aliphatic rings. The van der Waals surface area contributed by atoms with Crippen molar-refractivity contribution >= 4 is 37.8 Å². The third-order valence-electron chi connectivity index (χ3n) is 1.64. The number of benzene rings is 1. The van der Waals surface area contributed by atoms with Crippen LogP contribution in [0.25, 0.3) is 0 Å². The molecule has 0 amide bonds. The van der Waals surface area contributed by atoms with Gasteiger partial charge in [0.15, 0.2) is 0 Å². The summed E-state index contributed by atoms with van der Waals surface area (Å²) in [6.07, 6.45) is 0. The van der Waals surface area contributed by atoms with Crippen molar-refractivity contribution < 1.29 is 9.53 Å². The van der Waals surface area contributed by atoms with E-state index in [0.717, 1.165) is 10.9 Å². The summed E-state index contributed by atoms with van der Waals surface area (Å²) >= 11 is 6.88. The van der Waals surface area contributed by atoms with Gasteiger partial charge in [0.2, 0.25) is 0 Å². The number of esters is 1. The van der Waals surface area contributed by atoms with Crippen LogP contribution in [0.2, 0.25) is 0 Å². The highest BCUT2D eigenvalue weighted by Gasteiger charge is 2.05. The van der Waals surface area contributed by atoms with Gasteiger partial charge >= 0.3 is 5.97 Å². The summed E-state index contributed by atoms with van der Waals surface area (Å²) < 4.78 is 4.92. The van der Waals surface area contributed by atoms with Gasteiger partial charge in [-0.15, -0.1) is 0 Å². The minimum absolute atomic E-state index is 0.286. The second-order valence-corrected chi connectivity index (χ2v) is 4.54. The maximum absolute atomic E-state index is 10.6. The Morgan fingerprint density at radius 1 is 1.43 bits per heavy atom. The molecule has 0 fully saturated rings. The van der Waals surface area contributed by atoms with Crippen molar-refractivity contribution in [3.63, 3.8) is 0 Å². The molecule has 1 aromatic rings. The molecule has 0 bridgehead atoms. The van der Waals surface area contributed by atoms with Crippen molar-refractivity contribution in [3.8, 4) is 5.75 Å². The van der Waals surface area contributed by atoms with E-state index in [2.05, 4.69) is 31.9 Å². The number of hydrogen-bond donors (Lipinski definition) is 0. The molecule has 1 rings (SSSR count). The van der Waals surface area contributed by atoms with Gasteiger partial charge in [-0.3, -0.25) is 4.79 Å². The molecule has 1 unspecified atom stereocenters. The van der Waals surface area contributed by atoms with E-state index in [1.54, 1.807) is 12.1 Å². The van der Waals surface area contributed by atoms with E-state index in [-0.39, 0.29) is 10.8 Å². The molecule has 0 aliphatic heterocycles. The van der Waals surface area contributed by atoms with E-state index in [4.69, 9.17) is 4.74 Å². The Kier molecular flexibility index (Phi) is 4.62. The zero-order chi connectivity index (χ0) is 10.6. The van der Waals surface area contributed by atoms with Gasteiger partial charge in [0.05, 0.1) is 0 Å².